The average Bonchev–Trinajstić information content (AvgIpc) is 3.19. The van der Waals surface area contributed by atoms with E-state index in [1.807, 2.05) is 18.2 Å². The Morgan fingerprint density at radius 3 is 2.20 bits per heavy atom. The maximum absolute atomic E-state index is 12.2. The van der Waals surface area contributed by atoms with Crippen molar-refractivity contribution in [3.8, 4) is 34.3 Å². The number of nitrogens with two attached hydrogens (primary N) is 1. The van der Waals surface area contributed by atoms with E-state index in [0.717, 1.165) is 11.1 Å². The number of hydrogen-bond donors (Lipinski definition) is 1. The Morgan fingerprint density at radius 1 is 0.933 bits per heavy atom. The van der Waals surface area contributed by atoms with Crippen molar-refractivity contribution < 1.29 is 8.42 Å². The van der Waals surface area contributed by atoms with E-state index >= 15 is 0 Å². The maximum atomic E-state index is 12.2. The third kappa shape index (κ3) is 3.84. The normalized spacial score (nSPS) is 11.2. The van der Waals surface area contributed by atoms with Gasteiger partial charge in [0.1, 0.15) is 4.90 Å². The van der Waals surface area contributed by atoms with Crippen LogP contribution in [0.1, 0.15) is 5.56 Å². The molecule has 0 radical (unpaired) electrons. The van der Waals surface area contributed by atoms with Crippen LogP contribution in [-0.4, -0.2) is 18.2 Å². The highest BCUT2D eigenvalue weighted by atomic mass is 35.5. The molecule has 0 saturated heterocycles. The molecule has 0 aliphatic heterocycles. The summed E-state index contributed by atoms with van der Waals surface area (Å²) in [5.41, 5.74) is 3.73. The monoisotopic (exact) mass is 434 g/mol. The van der Waals surface area contributed by atoms with Crippen molar-refractivity contribution in [2.75, 3.05) is 0 Å². The molecule has 0 unspecified atom stereocenters. The highest BCUT2D eigenvalue weighted by Crippen LogP contribution is 2.31. The lowest BCUT2D eigenvalue weighted by atomic mass is 10.1. The quantitative estimate of drug-likeness (QED) is 0.514. The first-order valence-corrected chi connectivity index (χ1v) is 10.8. The number of hydrogen-bond acceptors (Lipinski definition) is 4. The van der Waals surface area contributed by atoms with Crippen LogP contribution in [0.3, 0.4) is 0 Å². The third-order valence-electron chi connectivity index (χ3n) is 4.56. The molecular weight excluding hydrogens is 420 g/mol. The minimum Gasteiger partial charge on any atom is -0.231 e. The molecule has 148 valence electrons. The zero-order valence-electron chi connectivity index (χ0n) is 15.5. The van der Waals surface area contributed by atoms with Crippen molar-refractivity contribution >= 4 is 21.6 Å². The molecule has 30 heavy (non-hydrogen) atoms. The van der Waals surface area contributed by atoms with E-state index < -0.39 is 10.0 Å². The molecule has 0 aliphatic carbocycles. The van der Waals surface area contributed by atoms with Gasteiger partial charge in [0, 0.05) is 16.1 Å². The summed E-state index contributed by atoms with van der Waals surface area (Å²) in [5, 5.41) is 19.8. The summed E-state index contributed by atoms with van der Waals surface area (Å²) < 4.78 is 25.9. The van der Waals surface area contributed by atoms with Crippen molar-refractivity contribution in [3.05, 3.63) is 89.4 Å². The molecule has 0 bridgehead atoms. The number of para-hydroxylation sites is 1. The second-order valence-electron chi connectivity index (χ2n) is 6.54. The molecule has 8 heteroatoms. The fourth-order valence-electron chi connectivity index (χ4n) is 3.12. The lowest BCUT2D eigenvalue weighted by Gasteiger charge is -2.11. The van der Waals surface area contributed by atoms with Crippen molar-refractivity contribution in [1.82, 2.24) is 9.78 Å². The van der Waals surface area contributed by atoms with Gasteiger partial charge in [-0.05, 0) is 42.5 Å². The minimum atomic E-state index is -3.97. The largest absolute Gasteiger partial charge is 0.240 e. The Labute approximate surface area is 178 Å². The summed E-state index contributed by atoms with van der Waals surface area (Å²) in [4.78, 5) is -0.0364. The molecule has 3 aromatic carbocycles. The highest BCUT2D eigenvalue weighted by Gasteiger charge is 2.20. The van der Waals surface area contributed by atoms with Gasteiger partial charge in [0.15, 0.2) is 0 Å². The van der Waals surface area contributed by atoms with Crippen LogP contribution in [0.2, 0.25) is 5.02 Å². The van der Waals surface area contributed by atoms with Crippen LogP contribution in [0.5, 0.6) is 0 Å². The summed E-state index contributed by atoms with van der Waals surface area (Å²) in [6, 6.07) is 24.5. The first kappa shape index (κ1) is 19.9. The van der Waals surface area contributed by atoms with Gasteiger partial charge in [0.05, 0.1) is 28.7 Å². The predicted molar refractivity (Wildman–Crippen MR) is 116 cm³/mol. The molecule has 4 rings (SSSR count). The van der Waals surface area contributed by atoms with Gasteiger partial charge in [-0.2, -0.15) is 10.4 Å². The Balaban J connectivity index is 1.97. The lowest BCUT2D eigenvalue weighted by molar-refractivity contribution is 0.596. The van der Waals surface area contributed by atoms with Gasteiger partial charge in [0.2, 0.25) is 10.0 Å². The number of sulfonamides is 1. The summed E-state index contributed by atoms with van der Waals surface area (Å²) >= 11 is 5.99. The van der Waals surface area contributed by atoms with Crippen molar-refractivity contribution in [2.24, 2.45) is 5.14 Å². The van der Waals surface area contributed by atoms with Crippen LogP contribution < -0.4 is 5.14 Å². The van der Waals surface area contributed by atoms with Gasteiger partial charge < -0.3 is 0 Å². The van der Waals surface area contributed by atoms with Gasteiger partial charge in [-0.25, -0.2) is 18.2 Å². The summed E-state index contributed by atoms with van der Waals surface area (Å²) in [6.07, 6.45) is 0. The lowest BCUT2D eigenvalue weighted by Crippen LogP contribution is -2.16. The fraction of sp³-hybridized carbons (Fsp3) is 0. The van der Waals surface area contributed by atoms with E-state index in [1.54, 1.807) is 59.3 Å². The van der Waals surface area contributed by atoms with E-state index in [9.17, 15) is 8.42 Å². The Kier molecular flexibility index (Phi) is 5.14. The highest BCUT2D eigenvalue weighted by molar-refractivity contribution is 7.89. The van der Waals surface area contributed by atoms with Gasteiger partial charge in [-0.15, -0.1) is 0 Å². The molecular formula is C22H15ClN4O2S. The zero-order valence-corrected chi connectivity index (χ0v) is 17.1. The number of primary sulfonamides is 1. The SMILES string of the molecule is N#Cc1ccc(-c2cc(-c3ccc(Cl)cc3)nn2-c2ccccc2S(N)(=O)=O)cc1. The van der Waals surface area contributed by atoms with E-state index in [2.05, 4.69) is 11.2 Å². The molecule has 0 atom stereocenters. The van der Waals surface area contributed by atoms with Crippen LogP contribution >= 0.6 is 11.6 Å². The van der Waals surface area contributed by atoms with Gasteiger partial charge in [-0.1, -0.05) is 48.0 Å². The van der Waals surface area contributed by atoms with Crippen molar-refractivity contribution in [1.29, 1.82) is 5.26 Å². The molecule has 0 spiro atoms. The van der Waals surface area contributed by atoms with Crippen molar-refractivity contribution in [2.45, 2.75) is 4.90 Å². The first-order chi connectivity index (χ1) is 14.4. The number of aromatic nitrogens is 2. The van der Waals surface area contributed by atoms with Crippen LogP contribution in [0.4, 0.5) is 0 Å². The molecule has 1 heterocycles. The van der Waals surface area contributed by atoms with Crippen LogP contribution in [0.15, 0.2) is 83.8 Å². The van der Waals surface area contributed by atoms with E-state index in [0.29, 0.717) is 27.7 Å². The molecule has 0 aliphatic rings. The van der Waals surface area contributed by atoms with Gasteiger partial charge in [0.25, 0.3) is 0 Å². The first-order valence-electron chi connectivity index (χ1n) is 8.85. The molecule has 4 aromatic rings. The average molecular weight is 435 g/mol. The topological polar surface area (TPSA) is 102 Å². The summed E-state index contributed by atoms with van der Waals surface area (Å²) in [5.74, 6) is 0. The van der Waals surface area contributed by atoms with Crippen LogP contribution in [-0.2, 0) is 10.0 Å². The van der Waals surface area contributed by atoms with E-state index in [4.69, 9.17) is 22.0 Å². The summed E-state index contributed by atoms with van der Waals surface area (Å²) in [6.45, 7) is 0. The van der Waals surface area contributed by atoms with Crippen molar-refractivity contribution in [3.63, 3.8) is 0 Å². The standard InChI is InChI=1S/C22H15ClN4O2S/c23-18-11-9-16(10-12-18)19-13-21(17-7-5-15(14-24)6-8-17)27(26-19)20-3-1-2-4-22(20)30(25,28)29/h1-13H,(H2,25,28,29). The number of nitrogens with zero attached hydrogens (tertiary/aromatic N) is 3. The number of nitriles is 1. The second-order valence-corrected chi connectivity index (χ2v) is 8.50. The predicted octanol–water partition coefficient (Wildman–Crippen LogP) is 4.38. The molecule has 1 aromatic heterocycles. The smallest absolute Gasteiger partial charge is 0.231 e. The fourth-order valence-corrected chi connectivity index (χ4v) is 3.96. The van der Waals surface area contributed by atoms with Crippen LogP contribution in [0.25, 0.3) is 28.2 Å². The molecule has 0 amide bonds. The second kappa shape index (κ2) is 7.76. The molecule has 2 N–H and O–H groups in total. The Hall–Kier alpha value is -3.44. The van der Waals surface area contributed by atoms with Gasteiger partial charge in [-0.3, -0.25) is 0 Å². The van der Waals surface area contributed by atoms with Crippen LogP contribution in [0, 0.1) is 11.3 Å². The maximum Gasteiger partial charge on any atom is 0.240 e. The number of benzene rings is 3. The molecule has 0 fully saturated rings. The third-order valence-corrected chi connectivity index (χ3v) is 5.77. The minimum absolute atomic E-state index is 0.0364. The number of halogens is 1. The zero-order chi connectivity index (χ0) is 21.3. The Morgan fingerprint density at radius 2 is 1.57 bits per heavy atom. The Bertz CT molecular complexity index is 1370. The molecule has 0 saturated carbocycles. The van der Waals surface area contributed by atoms with E-state index in [1.165, 1.54) is 6.07 Å². The molecule has 6 nitrogen and oxygen atoms in total. The van der Waals surface area contributed by atoms with E-state index in [-0.39, 0.29) is 4.90 Å². The van der Waals surface area contributed by atoms with Gasteiger partial charge >= 0.3 is 0 Å². The summed E-state index contributed by atoms with van der Waals surface area (Å²) in [7, 11) is -3.97. The number of rotatable bonds is 4.